The van der Waals surface area contributed by atoms with E-state index in [1.165, 1.54) is 0 Å². The lowest BCUT2D eigenvalue weighted by Gasteiger charge is -2.10. The van der Waals surface area contributed by atoms with Crippen LogP contribution in [0.3, 0.4) is 0 Å². The molecule has 1 aromatic carbocycles. The van der Waals surface area contributed by atoms with Crippen LogP contribution in [-0.4, -0.2) is 9.55 Å². The molecule has 0 aliphatic rings. The highest BCUT2D eigenvalue weighted by Crippen LogP contribution is 2.33. The first kappa shape index (κ1) is 12.7. The quantitative estimate of drug-likeness (QED) is 0.915. The van der Waals surface area contributed by atoms with Crippen LogP contribution < -0.4 is 5.32 Å². The van der Waals surface area contributed by atoms with Gasteiger partial charge in [-0.05, 0) is 12.1 Å². The van der Waals surface area contributed by atoms with Gasteiger partial charge in [0.2, 0.25) is 0 Å². The molecule has 0 saturated heterocycles. The molecule has 0 saturated carbocycles. The Balaban J connectivity index is 2.17. The number of nitrogens with zero attached hydrogens (tertiary/aromatic N) is 2. The number of imidazole rings is 1. The van der Waals surface area contributed by atoms with Gasteiger partial charge in [0.1, 0.15) is 5.82 Å². The molecule has 0 aliphatic heterocycles. The summed E-state index contributed by atoms with van der Waals surface area (Å²) in [4.78, 5) is 4.21. The van der Waals surface area contributed by atoms with E-state index >= 15 is 0 Å². The molecular weight excluding hydrogens is 325 g/mol. The number of aryl methyl sites for hydroxylation is 1. The molecule has 0 bridgehead atoms. The summed E-state index contributed by atoms with van der Waals surface area (Å²) in [7, 11) is 1.94. The lowest BCUT2D eigenvalue weighted by Crippen LogP contribution is -2.06. The highest BCUT2D eigenvalue weighted by molar-refractivity contribution is 9.10. The summed E-state index contributed by atoms with van der Waals surface area (Å²) in [6.45, 7) is 0.574. The number of aromatic nitrogens is 2. The SMILES string of the molecule is Cn1ccnc1CNc1c(Cl)cc(Br)cc1Cl. The molecule has 0 fully saturated rings. The number of benzene rings is 1. The number of nitrogens with one attached hydrogen (secondary N) is 1. The Morgan fingerprint density at radius 3 is 2.53 bits per heavy atom. The number of anilines is 1. The van der Waals surface area contributed by atoms with Crippen LogP contribution in [0.25, 0.3) is 0 Å². The van der Waals surface area contributed by atoms with Crippen molar-refractivity contribution < 1.29 is 0 Å². The lowest BCUT2D eigenvalue weighted by atomic mass is 10.3. The van der Waals surface area contributed by atoms with Crippen LogP contribution >= 0.6 is 39.1 Å². The van der Waals surface area contributed by atoms with E-state index in [0.717, 1.165) is 16.0 Å². The zero-order chi connectivity index (χ0) is 12.4. The molecule has 1 heterocycles. The Kier molecular flexibility index (Phi) is 3.97. The van der Waals surface area contributed by atoms with E-state index in [-0.39, 0.29) is 0 Å². The van der Waals surface area contributed by atoms with E-state index in [4.69, 9.17) is 23.2 Å². The van der Waals surface area contributed by atoms with Gasteiger partial charge < -0.3 is 9.88 Å². The van der Waals surface area contributed by atoms with E-state index in [2.05, 4.69) is 26.2 Å². The first-order chi connectivity index (χ1) is 8.08. The summed E-state index contributed by atoms with van der Waals surface area (Å²) in [6, 6.07) is 3.60. The molecule has 0 atom stereocenters. The van der Waals surface area contributed by atoms with Gasteiger partial charge in [0.05, 0.1) is 22.3 Å². The summed E-state index contributed by atoms with van der Waals surface area (Å²) in [6.07, 6.45) is 3.64. The Morgan fingerprint density at radius 2 is 2.00 bits per heavy atom. The van der Waals surface area contributed by atoms with E-state index in [9.17, 15) is 0 Å². The molecule has 0 aliphatic carbocycles. The summed E-state index contributed by atoms with van der Waals surface area (Å²) < 4.78 is 2.79. The van der Waals surface area contributed by atoms with Crippen LogP contribution in [0.15, 0.2) is 29.0 Å². The molecule has 3 nitrogen and oxygen atoms in total. The predicted octanol–water partition coefficient (Wildman–Crippen LogP) is 4.10. The zero-order valence-corrected chi connectivity index (χ0v) is 12.1. The molecule has 0 amide bonds. The Morgan fingerprint density at radius 1 is 1.35 bits per heavy atom. The molecule has 6 heteroatoms. The summed E-state index contributed by atoms with van der Waals surface area (Å²) in [5.41, 5.74) is 0.722. The first-order valence-electron chi connectivity index (χ1n) is 4.92. The van der Waals surface area contributed by atoms with Crippen molar-refractivity contribution in [1.82, 2.24) is 9.55 Å². The fourth-order valence-corrected chi connectivity index (χ4v) is 2.79. The van der Waals surface area contributed by atoms with Crippen molar-refractivity contribution >= 4 is 44.8 Å². The third-order valence-electron chi connectivity index (χ3n) is 2.35. The molecule has 1 aromatic heterocycles. The maximum absolute atomic E-state index is 6.11. The Labute approximate surface area is 118 Å². The Bertz CT molecular complexity index is 516. The molecule has 1 N–H and O–H groups in total. The van der Waals surface area contributed by atoms with E-state index in [1.807, 2.05) is 17.8 Å². The maximum Gasteiger partial charge on any atom is 0.127 e. The molecule has 2 aromatic rings. The second-order valence-electron chi connectivity index (χ2n) is 3.55. The number of hydrogen-bond donors (Lipinski definition) is 1. The van der Waals surface area contributed by atoms with Crippen molar-refractivity contribution in [2.75, 3.05) is 5.32 Å². The van der Waals surface area contributed by atoms with Crippen molar-refractivity contribution in [3.05, 3.63) is 44.9 Å². The largest absolute Gasteiger partial charge is 0.375 e. The fraction of sp³-hybridized carbons (Fsp3) is 0.182. The fourth-order valence-electron chi connectivity index (χ4n) is 1.45. The van der Waals surface area contributed by atoms with E-state index in [1.54, 1.807) is 18.3 Å². The molecule has 0 radical (unpaired) electrons. The summed E-state index contributed by atoms with van der Waals surface area (Å²) in [5.74, 6) is 0.917. The van der Waals surface area contributed by atoms with Crippen LogP contribution in [0.1, 0.15) is 5.82 Å². The monoisotopic (exact) mass is 333 g/mol. The van der Waals surface area contributed by atoms with Crippen LogP contribution in [-0.2, 0) is 13.6 Å². The van der Waals surface area contributed by atoms with Crippen molar-refractivity contribution in [1.29, 1.82) is 0 Å². The second kappa shape index (κ2) is 5.29. The smallest absolute Gasteiger partial charge is 0.127 e. The van der Waals surface area contributed by atoms with Gasteiger partial charge in [-0.2, -0.15) is 0 Å². The number of halogens is 3. The third kappa shape index (κ3) is 2.94. The highest BCUT2D eigenvalue weighted by atomic mass is 79.9. The molecular formula is C11H10BrCl2N3. The Hall–Kier alpha value is -0.710. The average Bonchev–Trinajstić information content (AvgIpc) is 2.62. The highest BCUT2D eigenvalue weighted by Gasteiger charge is 2.08. The third-order valence-corrected chi connectivity index (χ3v) is 3.41. The molecule has 17 heavy (non-hydrogen) atoms. The van der Waals surface area contributed by atoms with E-state index in [0.29, 0.717) is 16.6 Å². The van der Waals surface area contributed by atoms with Gasteiger partial charge in [0.15, 0.2) is 0 Å². The summed E-state index contributed by atoms with van der Waals surface area (Å²) in [5, 5.41) is 4.35. The van der Waals surface area contributed by atoms with Gasteiger partial charge in [-0.1, -0.05) is 39.1 Å². The molecule has 0 spiro atoms. The van der Waals surface area contributed by atoms with E-state index < -0.39 is 0 Å². The minimum Gasteiger partial charge on any atom is -0.375 e. The van der Waals surface area contributed by atoms with Gasteiger partial charge >= 0.3 is 0 Å². The van der Waals surface area contributed by atoms with Crippen LogP contribution in [0.2, 0.25) is 10.0 Å². The normalized spacial score (nSPS) is 10.6. The summed E-state index contributed by atoms with van der Waals surface area (Å²) >= 11 is 15.6. The van der Waals surface area contributed by atoms with Crippen LogP contribution in [0, 0.1) is 0 Å². The average molecular weight is 335 g/mol. The van der Waals surface area contributed by atoms with Crippen molar-refractivity contribution in [2.45, 2.75) is 6.54 Å². The maximum atomic E-state index is 6.11. The van der Waals surface area contributed by atoms with Gasteiger partial charge in [-0.15, -0.1) is 0 Å². The minimum atomic E-state index is 0.574. The number of hydrogen-bond acceptors (Lipinski definition) is 2. The van der Waals surface area contributed by atoms with Crippen LogP contribution in [0.5, 0.6) is 0 Å². The van der Waals surface area contributed by atoms with Gasteiger partial charge in [-0.3, -0.25) is 0 Å². The van der Waals surface area contributed by atoms with Crippen LogP contribution in [0.4, 0.5) is 5.69 Å². The van der Waals surface area contributed by atoms with Crippen molar-refractivity contribution in [3.8, 4) is 0 Å². The van der Waals surface area contributed by atoms with Crippen molar-refractivity contribution in [3.63, 3.8) is 0 Å². The first-order valence-corrected chi connectivity index (χ1v) is 6.47. The predicted molar refractivity (Wildman–Crippen MR) is 74.7 cm³/mol. The van der Waals surface area contributed by atoms with Crippen molar-refractivity contribution in [2.24, 2.45) is 7.05 Å². The van der Waals surface area contributed by atoms with Gasteiger partial charge in [-0.25, -0.2) is 4.98 Å². The molecule has 2 rings (SSSR count). The van der Waals surface area contributed by atoms with Gasteiger partial charge in [0, 0.05) is 23.9 Å². The number of rotatable bonds is 3. The topological polar surface area (TPSA) is 29.9 Å². The minimum absolute atomic E-state index is 0.574. The lowest BCUT2D eigenvalue weighted by molar-refractivity contribution is 0.813. The molecule has 0 unspecified atom stereocenters. The second-order valence-corrected chi connectivity index (χ2v) is 5.28. The molecule has 90 valence electrons. The standard InChI is InChI=1S/C11H10BrCl2N3/c1-17-3-2-15-10(17)6-16-11-8(13)4-7(12)5-9(11)14/h2-5,16H,6H2,1H3. The zero-order valence-electron chi connectivity index (χ0n) is 9.04. The van der Waals surface area contributed by atoms with Gasteiger partial charge in [0.25, 0.3) is 0 Å².